The van der Waals surface area contributed by atoms with Crippen LogP contribution >= 0.6 is 22.6 Å². The Labute approximate surface area is 167 Å². The van der Waals surface area contributed by atoms with Crippen molar-refractivity contribution >= 4 is 40.3 Å². The van der Waals surface area contributed by atoms with Crippen LogP contribution in [-0.4, -0.2) is 42.1 Å². The number of piperidine rings is 1. The molecule has 0 aliphatic carbocycles. The number of halogens is 1. The van der Waals surface area contributed by atoms with Crippen LogP contribution in [0.4, 0.5) is 11.8 Å². The fourth-order valence-electron chi connectivity index (χ4n) is 2.97. The molecular weight excluding hydrogens is 441 g/mol. The maximum Gasteiger partial charge on any atom is 0.251 e. The molecule has 1 aliphatic heterocycles. The zero-order valence-corrected chi connectivity index (χ0v) is 17.1. The van der Waals surface area contributed by atoms with Crippen molar-refractivity contribution in [3.05, 3.63) is 45.2 Å². The van der Waals surface area contributed by atoms with Gasteiger partial charge in [-0.25, -0.2) is 4.98 Å². The van der Waals surface area contributed by atoms with Crippen LogP contribution in [0.2, 0.25) is 0 Å². The van der Waals surface area contributed by atoms with Crippen LogP contribution in [0.25, 0.3) is 0 Å². The largest absolute Gasteiger partial charge is 0.356 e. The van der Waals surface area contributed by atoms with Gasteiger partial charge >= 0.3 is 0 Å². The van der Waals surface area contributed by atoms with Gasteiger partial charge < -0.3 is 15.5 Å². The number of carbonyl (C=O) groups is 1. The highest BCUT2D eigenvalue weighted by molar-refractivity contribution is 14.1. The third kappa shape index (κ3) is 5.30. The molecule has 1 aliphatic rings. The third-order valence-corrected chi connectivity index (χ3v) is 5.04. The molecule has 1 aromatic heterocycles. The summed E-state index contributed by atoms with van der Waals surface area (Å²) in [6.07, 6.45) is 3.73. The van der Waals surface area contributed by atoms with Crippen molar-refractivity contribution in [2.75, 3.05) is 36.4 Å². The summed E-state index contributed by atoms with van der Waals surface area (Å²) in [7, 11) is 0. The molecule has 0 radical (unpaired) electrons. The number of anilines is 2. The number of benzene rings is 1. The first-order valence-corrected chi connectivity index (χ1v) is 10.1. The van der Waals surface area contributed by atoms with Crippen molar-refractivity contribution in [3.63, 3.8) is 0 Å². The van der Waals surface area contributed by atoms with Gasteiger partial charge in [0.05, 0.1) is 0 Å². The number of aromatic nitrogens is 2. The van der Waals surface area contributed by atoms with Gasteiger partial charge in [0.25, 0.3) is 5.91 Å². The average molecular weight is 465 g/mol. The number of hydrogen-bond acceptors (Lipinski definition) is 5. The highest BCUT2D eigenvalue weighted by Crippen LogP contribution is 2.19. The molecule has 138 valence electrons. The molecule has 1 aromatic carbocycles. The van der Waals surface area contributed by atoms with E-state index in [0.717, 1.165) is 28.2 Å². The summed E-state index contributed by atoms with van der Waals surface area (Å²) in [4.78, 5) is 23.5. The van der Waals surface area contributed by atoms with Gasteiger partial charge in [0.15, 0.2) is 0 Å². The number of amides is 1. The van der Waals surface area contributed by atoms with E-state index >= 15 is 0 Å². The smallest absolute Gasteiger partial charge is 0.251 e. The highest BCUT2D eigenvalue weighted by atomic mass is 127. The van der Waals surface area contributed by atoms with Gasteiger partial charge in [0.2, 0.25) is 5.95 Å². The lowest BCUT2D eigenvalue weighted by atomic mass is 10.1. The third-order valence-electron chi connectivity index (χ3n) is 4.32. The molecular formula is C19H24IN5O. The zero-order valence-electron chi connectivity index (χ0n) is 15.0. The molecule has 0 spiro atoms. The number of carbonyl (C=O) groups excluding carboxylic acids is 1. The highest BCUT2D eigenvalue weighted by Gasteiger charge is 2.13. The number of hydrogen-bond donors (Lipinski definition) is 2. The maximum atomic E-state index is 12.1. The van der Waals surface area contributed by atoms with Gasteiger partial charge in [-0.2, -0.15) is 4.98 Å². The van der Waals surface area contributed by atoms with Crippen LogP contribution in [0.5, 0.6) is 0 Å². The lowest BCUT2D eigenvalue weighted by molar-refractivity contribution is 0.0955. The predicted octanol–water partition coefficient (Wildman–Crippen LogP) is 3.22. The molecule has 0 unspecified atom stereocenters. The Morgan fingerprint density at radius 1 is 1.12 bits per heavy atom. The molecule has 2 heterocycles. The topological polar surface area (TPSA) is 70.2 Å². The number of aryl methyl sites for hydroxylation is 1. The molecule has 6 nitrogen and oxygen atoms in total. The number of nitrogens with zero attached hydrogens (tertiary/aromatic N) is 3. The lowest BCUT2D eigenvalue weighted by Gasteiger charge is -2.28. The van der Waals surface area contributed by atoms with Gasteiger partial charge in [-0.1, -0.05) is 0 Å². The molecule has 1 saturated heterocycles. The normalized spacial score (nSPS) is 14.2. The summed E-state index contributed by atoms with van der Waals surface area (Å²) in [6.45, 7) is 5.20. The minimum absolute atomic E-state index is 0.0673. The van der Waals surface area contributed by atoms with Crippen molar-refractivity contribution in [3.8, 4) is 0 Å². The molecule has 7 heteroatoms. The van der Waals surface area contributed by atoms with Crippen LogP contribution < -0.4 is 15.5 Å². The van der Waals surface area contributed by atoms with Crippen molar-refractivity contribution in [1.29, 1.82) is 0 Å². The summed E-state index contributed by atoms with van der Waals surface area (Å²) in [5.74, 6) is 1.54. The van der Waals surface area contributed by atoms with Gasteiger partial charge in [-0.05, 0) is 73.0 Å². The van der Waals surface area contributed by atoms with Gasteiger partial charge in [-0.15, -0.1) is 0 Å². The van der Waals surface area contributed by atoms with E-state index in [0.29, 0.717) is 24.6 Å². The standard InChI is InChI=1S/C19H24IN5O/c1-14-13-17(25-11-3-2-4-12-25)24-19(23-14)22-10-9-21-18(26)15-5-7-16(20)8-6-15/h5-8,13H,2-4,9-12H2,1H3,(H,21,26)(H,22,23,24). The Balaban J connectivity index is 1.50. The minimum Gasteiger partial charge on any atom is -0.356 e. The summed E-state index contributed by atoms with van der Waals surface area (Å²) < 4.78 is 1.11. The van der Waals surface area contributed by atoms with E-state index in [4.69, 9.17) is 0 Å². The maximum absolute atomic E-state index is 12.1. The summed E-state index contributed by atoms with van der Waals surface area (Å²) in [5.41, 5.74) is 1.62. The van der Waals surface area contributed by atoms with Crippen LogP contribution in [0.1, 0.15) is 35.3 Å². The van der Waals surface area contributed by atoms with Crippen molar-refractivity contribution < 1.29 is 4.79 Å². The molecule has 2 aromatic rings. The Morgan fingerprint density at radius 2 is 1.85 bits per heavy atom. The fraction of sp³-hybridized carbons (Fsp3) is 0.421. The van der Waals surface area contributed by atoms with Crippen LogP contribution in [-0.2, 0) is 0 Å². The first-order chi connectivity index (χ1) is 12.6. The van der Waals surface area contributed by atoms with E-state index in [-0.39, 0.29) is 5.91 Å². The SMILES string of the molecule is Cc1cc(N2CCCCC2)nc(NCCNC(=O)c2ccc(I)cc2)n1. The van der Waals surface area contributed by atoms with Gasteiger partial charge in [0, 0.05) is 47.1 Å². The molecule has 0 bridgehead atoms. The summed E-state index contributed by atoms with van der Waals surface area (Å²) in [5, 5.41) is 6.13. The van der Waals surface area contributed by atoms with Crippen LogP contribution in [0, 0.1) is 10.5 Å². The van der Waals surface area contributed by atoms with E-state index in [1.807, 2.05) is 37.3 Å². The first kappa shape index (κ1) is 18.9. The predicted molar refractivity (Wildman–Crippen MR) is 113 cm³/mol. The van der Waals surface area contributed by atoms with Crippen molar-refractivity contribution in [2.45, 2.75) is 26.2 Å². The Morgan fingerprint density at radius 3 is 2.58 bits per heavy atom. The monoisotopic (exact) mass is 465 g/mol. The Kier molecular flexibility index (Phi) is 6.65. The summed E-state index contributed by atoms with van der Waals surface area (Å²) in [6, 6.07) is 9.56. The molecule has 26 heavy (non-hydrogen) atoms. The number of nitrogens with one attached hydrogen (secondary N) is 2. The van der Waals surface area contributed by atoms with E-state index < -0.39 is 0 Å². The molecule has 3 rings (SSSR count). The van der Waals surface area contributed by atoms with Crippen LogP contribution in [0.3, 0.4) is 0 Å². The van der Waals surface area contributed by atoms with E-state index in [1.165, 1.54) is 19.3 Å². The van der Waals surface area contributed by atoms with E-state index in [1.54, 1.807) is 0 Å². The second-order valence-corrected chi connectivity index (χ2v) is 7.67. The van der Waals surface area contributed by atoms with Crippen LogP contribution in [0.15, 0.2) is 30.3 Å². The second kappa shape index (κ2) is 9.16. The molecule has 1 amide bonds. The minimum atomic E-state index is -0.0673. The molecule has 1 fully saturated rings. The van der Waals surface area contributed by atoms with E-state index in [9.17, 15) is 4.79 Å². The zero-order chi connectivity index (χ0) is 18.4. The number of rotatable bonds is 6. The van der Waals surface area contributed by atoms with Gasteiger partial charge in [0.1, 0.15) is 5.82 Å². The first-order valence-electron chi connectivity index (χ1n) is 9.00. The lowest BCUT2D eigenvalue weighted by Crippen LogP contribution is -2.31. The molecule has 0 saturated carbocycles. The fourth-order valence-corrected chi connectivity index (χ4v) is 3.33. The average Bonchev–Trinajstić information content (AvgIpc) is 2.66. The van der Waals surface area contributed by atoms with Gasteiger partial charge in [-0.3, -0.25) is 4.79 Å². The van der Waals surface area contributed by atoms with E-state index in [2.05, 4.69) is 48.1 Å². The summed E-state index contributed by atoms with van der Waals surface area (Å²) >= 11 is 2.22. The quantitative estimate of drug-likeness (QED) is 0.507. The molecule has 2 N–H and O–H groups in total. The Bertz CT molecular complexity index is 744. The second-order valence-electron chi connectivity index (χ2n) is 6.43. The Hall–Kier alpha value is -1.90. The van der Waals surface area contributed by atoms with Crippen molar-refractivity contribution in [2.24, 2.45) is 0 Å². The molecule has 0 atom stereocenters. The van der Waals surface area contributed by atoms with Crippen molar-refractivity contribution in [1.82, 2.24) is 15.3 Å².